The smallest absolute Gasteiger partial charge is 0.244 e. The van der Waals surface area contributed by atoms with Gasteiger partial charge >= 0.3 is 0 Å². The van der Waals surface area contributed by atoms with E-state index in [0.29, 0.717) is 13.0 Å². The summed E-state index contributed by atoms with van der Waals surface area (Å²) in [5.74, 6) is 0.462. The summed E-state index contributed by atoms with van der Waals surface area (Å²) in [4.78, 5) is 28.9. The molecule has 1 unspecified atom stereocenters. The molecule has 0 aromatic heterocycles. The van der Waals surface area contributed by atoms with Crippen LogP contribution < -0.4 is 10.2 Å². The molecule has 0 radical (unpaired) electrons. The lowest BCUT2D eigenvalue weighted by atomic mass is 10.0. The summed E-state index contributed by atoms with van der Waals surface area (Å²) < 4.78 is 0. The van der Waals surface area contributed by atoms with E-state index in [2.05, 4.69) is 16.3 Å². The fraction of sp³-hybridized carbons (Fsp3) is 0.571. The average molecular weight is 368 g/mol. The number of nitriles is 1. The van der Waals surface area contributed by atoms with E-state index in [9.17, 15) is 9.59 Å². The minimum absolute atomic E-state index is 0.0249. The lowest BCUT2D eigenvalue weighted by molar-refractivity contribution is -0.125. The van der Waals surface area contributed by atoms with Crippen molar-refractivity contribution >= 4 is 17.5 Å². The zero-order chi connectivity index (χ0) is 19.2. The Balaban J connectivity index is 1.56. The number of carbonyl (C=O) groups excluding carboxylic acids is 2. The first-order valence-corrected chi connectivity index (χ1v) is 9.88. The number of hydrogen-bond acceptors (Lipinski definition) is 4. The third kappa shape index (κ3) is 5.08. The molecule has 2 fully saturated rings. The molecule has 1 heterocycles. The van der Waals surface area contributed by atoms with E-state index in [1.165, 1.54) is 0 Å². The molecule has 3 rings (SSSR count). The highest BCUT2D eigenvalue weighted by Gasteiger charge is 2.33. The highest BCUT2D eigenvalue weighted by atomic mass is 16.2. The number of piperidine rings is 1. The maximum atomic E-state index is 13.1. The number of anilines is 1. The van der Waals surface area contributed by atoms with E-state index >= 15 is 0 Å². The predicted octanol–water partition coefficient (Wildman–Crippen LogP) is 2.31. The molecule has 1 saturated carbocycles. The molecule has 144 valence electrons. The Morgan fingerprint density at radius 3 is 2.48 bits per heavy atom. The second-order valence-electron chi connectivity index (χ2n) is 7.50. The van der Waals surface area contributed by atoms with Gasteiger partial charge in [-0.05, 0) is 44.7 Å². The topological polar surface area (TPSA) is 76.4 Å². The van der Waals surface area contributed by atoms with Gasteiger partial charge in [-0.3, -0.25) is 14.5 Å². The number of nitrogens with one attached hydrogen (secondary N) is 1. The summed E-state index contributed by atoms with van der Waals surface area (Å²) in [6.45, 7) is 3.93. The van der Waals surface area contributed by atoms with E-state index in [1.807, 2.05) is 37.3 Å². The van der Waals surface area contributed by atoms with Gasteiger partial charge in [-0.1, -0.05) is 18.2 Å². The van der Waals surface area contributed by atoms with Crippen LogP contribution in [0.4, 0.5) is 5.69 Å². The van der Waals surface area contributed by atoms with E-state index in [-0.39, 0.29) is 29.8 Å². The Bertz CT molecular complexity index is 688. The fourth-order valence-electron chi connectivity index (χ4n) is 3.61. The maximum absolute atomic E-state index is 13.1. The van der Waals surface area contributed by atoms with Crippen molar-refractivity contribution in [1.82, 2.24) is 10.2 Å². The van der Waals surface area contributed by atoms with Crippen LogP contribution in [-0.2, 0) is 9.59 Å². The molecule has 27 heavy (non-hydrogen) atoms. The summed E-state index contributed by atoms with van der Waals surface area (Å²) in [6.07, 6.45) is 4.10. The molecule has 6 heteroatoms. The molecule has 1 aromatic carbocycles. The second kappa shape index (κ2) is 9.01. The van der Waals surface area contributed by atoms with Crippen LogP contribution in [0.25, 0.3) is 0 Å². The van der Waals surface area contributed by atoms with Gasteiger partial charge in [0.05, 0.1) is 18.5 Å². The largest absolute Gasteiger partial charge is 0.353 e. The number of nitrogens with zero attached hydrogens (tertiary/aromatic N) is 3. The van der Waals surface area contributed by atoms with Crippen molar-refractivity contribution in [2.24, 2.45) is 5.92 Å². The number of carbonyl (C=O) groups is 2. The molecule has 1 aliphatic carbocycles. The van der Waals surface area contributed by atoms with Crippen LogP contribution in [0.2, 0.25) is 0 Å². The normalized spacial score (nSPS) is 19.1. The lowest BCUT2D eigenvalue weighted by Crippen LogP contribution is -2.53. The SMILES string of the molecule is CC(C(=O)N(CCC#N)c1ccccc1)N1CCC(NC(=O)C2CC2)CC1. The molecular formula is C21H28N4O2. The van der Waals surface area contributed by atoms with Crippen molar-refractivity contribution in [1.29, 1.82) is 5.26 Å². The number of benzene rings is 1. The summed E-state index contributed by atoms with van der Waals surface area (Å²) in [7, 11) is 0. The van der Waals surface area contributed by atoms with Crippen molar-refractivity contribution in [3.05, 3.63) is 30.3 Å². The van der Waals surface area contributed by atoms with Gasteiger partial charge in [0, 0.05) is 37.3 Å². The van der Waals surface area contributed by atoms with Gasteiger partial charge in [-0.2, -0.15) is 5.26 Å². The average Bonchev–Trinajstić information content (AvgIpc) is 3.54. The molecule has 2 aliphatic rings. The van der Waals surface area contributed by atoms with Gasteiger partial charge in [-0.25, -0.2) is 0 Å². The van der Waals surface area contributed by atoms with Gasteiger partial charge in [0.1, 0.15) is 0 Å². The van der Waals surface area contributed by atoms with E-state index in [1.54, 1.807) is 4.90 Å². The van der Waals surface area contributed by atoms with Crippen LogP contribution in [0.1, 0.15) is 39.0 Å². The van der Waals surface area contributed by atoms with Crippen LogP contribution in [0, 0.1) is 17.2 Å². The molecule has 1 aromatic rings. The summed E-state index contributed by atoms with van der Waals surface area (Å²) in [6, 6.07) is 11.6. The first kappa shape index (κ1) is 19.4. The Morgan fingerprint density at radius 1 is 1.22 bits per heavy atom. The molecular weight excluding hydrogens is 340 g/mol. The van der Waals surface area contributed by atoms with Crippen LogP contribution in [-0.4, -0.2) is 48.4 Å². The van der Waals surface area contributed by atoms with E-state index in [0.717, 1.165) is 44.5 Å². The Hall–Kier alpha value is -2.39. The monoisotopic (exact) mass is 368 g/mol. The highest BCUT2D eigenvalue weighted by Crippen LogP contribution is 2.29. The minimum atomic E-state index is -0.246. The van der Waals surface area contributed by atoms with Crippen LogP contribution in [0.15, 0.2) is 30.3 Å². The molecule has 1 saturated heterocycles. The van der Waals surface area contributed by atoms with E-state index < -0.39 is 0 Å². The fourth-order valence-corrected chi connectivity index (χ4v) is 3.61. The zero-order valence-electron chi connectivity index (χ0n) is 15.9. The Kier molecular flexibility index (Phi) is 6.46. The predicted molar refractivity (Wildman–Crippen MR) is 104 cm³/mol. The van der Waals surface area contributed by atoms with Crippen LogP contribution in [0.3, 0.4) is 0 Å². The van der Waals surface area contributed by atoms with Crippen molar-refractivity contribution in [3.8, 4) is 6.07 Å². The summed E-state index contributed by atoms with van der Waals surface area (Å²) >= 11 is 0. The number of para-hydroxylation sites is 1. The first-order valence-electron chi connectivity index (χ1n) is 9.88. The van der Waals surface area contributed by atoms with Crippen LogP contribution >= 0.6 is 0 Å². The van der Waals surface area contributed by atoms with Crippen molar-refractivity contribution in [3.63, 3.8) is 0 Å². The summed E-state index contributed by atoms with van der Waals surface area (Å²) in [5.41, 5.74) is 0.830. The quantitative estimate of drug-likeness (QED) is 0.801. The van der Waals surface area contributed by atoms with Gasteiger partial charge in [0.2, 0.25) is 11.8 Å². The van der Waals surface area contributed by atoms with Crippen molar-refractivity contribution in [2.45, 2.75) is 51.1 Å². The van der Waals surface area contributed by atoms with Gasteiger partial charge in [0.25, 0.3) is 0 Å². The zero-order valence-corrected chi connectivity index (χ0v) is 15.9. The Labute approximate surface area is 161 Å². The first-order chi connectivity index (χ1) is 13.1. The highest BCUT2D eigenvalue weighted by molar-refractivity contribution is 5.97. The lowest BCUT2D eigenvalue weighted by Gasteiger charge is -2.37. The molecule has 1 atom stereocenters. The standard InChI is InChI=1S/C21H28N4O2/c1-16(21(27)25(13-5-12-22)19-6-3-2-4-7-19)24-14-10-18(11-15-24)23-20(26)17-8-9-17/h2-4,6-7,16-18H,5,8-11,13-15H2,1H3,(H,23,26). The molecule has 0 bridgehead atoms. The molecule has 0 spiro atoms. The maximum Gasteiger partial charge on any atom is 0.244 e. The molecule has 1 N–H and O–H groups in total. The van der Waals surface area contributed by atoms with Crippen molar-refractivity contribution < 1.29 is 9.59 Å². The third-order valence-corrected chi connectivity index (χ3v) is 5.51. The number of likely N-dealkylation sites (tertiary alicyclic amines) is 1. The number of hydrogen-bond donors (Lipinski definition) is 1. The third-order valence-electron chi connectivity index (χ3n) is 5.51. The van der Waals surface area contributed by atoms with Gasteiger partial charge in [0.15, 0.2) is 0 Å². The van der Waals surface area contributed by atoms with Gasteiger partial charge < -0.3 is 10.2 Å². The Morgan fingerprint density at radius 2 is 1.89 bits per heavy atom. The van der Waals surface area contributed by atoms with Crippen LogP contribution in [0.5, 0.6) is 0 Å². The van der Waals surface area contributed by atoms with Gasteiger partial charge in [-0.15, -0.1) is 0 Å². The number of amides is 2. The summed E-state index contributed by atoms with van der Waals surface area (Å²) in [5, 5.41) is 12.1. The molecule has 2 amide bonds. The van der Waals surface area contributed by atoms with Crippen molar-refractivity contribution in [2.75, 3.05) is 24.5 Å². The number of rotatable bonds is 7. The molecule has 6 nitrogen and oxygen atoms in total. The second-order valence-corrected chi connectivity index (χ2v) is 7.50. The van der Waals surface area contributed by atoms with E-state index in [4.69, 9.17) is 5.26 Å². The minimum Gasteiger partial charge on any atom is -0.353 e. The molecule has 1 aliphatic heterocycles.